The number of nitrogens with one attached hydrogen (secondary N) is 1. The van der Waals surface area contributed by atoms with Crippen LogP contribution in [-0.4, -0.2) is 33.2 Å². The van der Waals surface area contributed by atoms with E-state index in [1.807, 2.05) is 38.1 Å². The van der Waals surface area contributed by atoms with Crippen molar-refractivity contribution in [3.8, 4) is 0 Å². The third-order valence-corrected chi connectivity index (χ3v) is 4.59. The lowest BCUT2D eigenvalue weighted by Gasteiger charge is -2.21. The van der Waals surface area contributed by atoms with E-state index in [0.717, 1.165) is 17.7 Å². The molecular formula is C15H24N2O3S. The first-order valence-electron chi connectivity index (χ1n) is 7.18. The van der Waals surface area contributed by atoms with E-state index in [4.69, 9.17) is 0 Å². The Morgan fingerprint density at radius 2 is 2.05 bits per heavy atom. The fraction of sp³-hybridized carbons (Fsp3) is 0.533. The fourth-order valence-corrected chi connectivity index (χ4v) is 3.20. The number of unbranched alkanes of at least 4 members (excludes halogenated alkanes) is 1. The zero-order valence-electron chi connectivity index (χ0n) is 12.9. The average Bonchev–Trinajstić information content (AvgIpc) is 2.41. The second-order valence-electron chi connectivity index (χ2n) is 5.08. The molecule has 0 aliphatic carbocycles. The minimum atomic E-state index is -3.24. The number of nitrogens with zero attached hydrogens (tertiary/aromatic N) is 1. The van der Waals surface area contributed by atoms with Crippen molar-refractivity contribution in [2.45, 2.75) is 33.6 Å². The zero-order chi connectivity index (χ0) is 15.9. The number of aryl methyl sites for hydroxylation is 1. The minimum absolute atomic E-state index is 0.103. The summed E-state index contributed by atoms with van der Waals surface area (Å²) in [5.41, 5.74) is 1.84. The summed E-state index contributed by atoms with van der Waals surface area (Å²) >= 11 is 0. The number of anilines is 1. The Balaban J connectivity index is 2.63. The number of amides is 1. The van der Waals surface area contributed by atoms with Crippen LogP contribution >= 0.6 is 0 Å². The maximum atomic E-state index is 11.7. The highest BCUT2D eigenvalue weighted by Crippen LogP contribution is 2.15. The van der Waals surface area contributed by atoms with Crippen LogP contribution in [0.2, 0.25) is 0 Å². The van der Waals surface area contributed by atoms with Crippen molar-refractivity contribution in [2.24, 2.45) is 0 Å². The summed E-state index contributed by atoms with van der Waals surface area (Å²) < 4.78 is 26.0. The molecule has 5 nitrogen and oxygen atoms in total. The van der Waals surface area contributed by atoms with Gasteiger partial charge in [0.15, 0.2) is 0 Å². The molecule has 1 amide bonds. The van der Waals surface area contributed by atoms with Gasteiger partial charge in [0.25, 0.3) is 0 Å². The van der Waals surface area contributed by atoms with Gasteiger partial charge in [0.05, 0.1) is 5.75 Å². The number of sulfonamides is 1. The van der Waals surface area contributed by atoms with Crippen LogP contribution in [0.5, 0.6) is 0 Å². The van der Waals surface area contributed by atoms with Gasteiger partial charge in [-0.2, -0.15) is 0 Å². The molecule has 0 aromatic heterocycles. The van der Waals surface area contributed by atoms with Crippen molar-refractivity contribution in [1.29, 1.82) is 0 Å². The van der Waals surface area contributed by atoms with Crippen LogP contribution in [-0.2, 0) is 14.8 Å². The predicted octanol–water partition coefficient (Wildman–Crippen LogP) is 2.07. The summed E-state index contributed by atoms with van der Waals surface area (Å²) in [4.78, 5) is 13.3. The summed E-state index contributed by atoms with van der Waals surface area (Å²) in [6.07, 6.45) is 1.48. The topological polar surface area (TPSA) is 66.5 Å². The van der Waals surface area contributed by atoms with Crippen LogP contribution in [0, 0.1) is 6.92 Å². The Morgan fingerprint density at radius 3 is 2.62 bits per heavy atom. The van der Waals surface area contributed by atoms with Gasteiger partial charge in [-0.25, -0.2) is 13.1 Å². The SMILES string of the molecule is CCCCS(=O)(=O)NCCN(C(C)=O)c1cccc(C)c1. The summed E-state index contributed by atoms with van der Waals surface area (Å²) in [6, 6.07) is 7.59. The number of benzene rings is 1. The van der Waals surface area contributed by atoms with Crippen molar-refractivity contribution >= 4 is 21.6 Å². The summed E-state index contributed by atoms with van der Waals surface area (Å²) in [5, 5.41) is 0. The van der Waals surface area contributed by atoms with Gasteiger partial charge in [-0.3, -0.25) is 4.79 Å². The van der Waals surface area contributed by atoms with Gasteiger partial charge in [-0.05, 0) is 31.0 Å². The molecular weight excluding hydrogens is 288 g/mol. The molecule has 6 heteroatoms. The smallest absolute Gasteiger partial charge is 0.223 e. The second-order valence-corrected chi connectivity index (χ2v) is 7.00. The Bertz CT molecular complexity index is 570. The fourth-order valence-electron chi connectivity index (χ4n) is 1.98. The van der Waals surface area contributed by atoms with Crippen LogP contribution in [0.4, 0.5) is 5.69 Å². The van der Waals surface area contributed by atoms with Gasteiger partial charge in [0, 0.05) is 25.7 Å². The number of hydrogen-bond donors (Lipinski definition) is 1. The highest BCUT2D eigenvalue weighted by molar-refractivity contribution is 7.89. The van der Waals surface area contributed by atoms with E-state index in [2.05, 4.69) is 4.72 Å². The lowest BCUT2D eigenvalue weighted by atomic mass is 10.2. The van der Waals surface area contributed by atoms with Crippen molar-refractivity contribution in [2.75, 3.05) is 23.7 Å². The Kier molecular flexibility index (Phi) is 6.84. The van der Waals surface area contributed by atoms with Gasteiger partial charge in [-0.1, -0.05) is 25.5 Å². The molecule has 0 radical (unpaired) electrons. The minimum Gasteiger partial charge on any atom is -0.311 e. The first kappa shape index (κ1) is 17.7. The van der Waals surface area contributed by atoms with Crippen molar-refractivity contribution in [3.05, 3.63) is 29.8 Å². The zero-order valence-corrected chi connectivity index (χ0v) is 13.7. The molecule has 21 heavy (non-hydrogen) atoms. The van der Waals surface area contributed by atoms with Gasteiger partial charge in [0.1, 0.15) is 0 Å². The second kappa shape index (κ2) is 8.14. The summed E-state index contributed by atoms with van der Waals surface area (Å²) in [7, 11) is -3.24. The molecule has 1 rings (SSSR count). The van der Waals surface area contributed by atoms with Crippen molar-refractivity contribution in [3.63, 3.8) is 0 Å². The third-order valence-electron chi connectivity index (χ3n) is 3.12. The average molecular weight is 312 g/mol. The highest BCUT2D eigenvalue weighted by atomic mass is 32.2. The molecule has 118 valence electrons. The highest BCUT2D eigenvalue weighted by Gasteiger charge is 2.14. The molecule has 0 saturated heterocycles. The Morgan fingerprint density at radius 1 is 1.33 bits per heavy atom. The Labute approximate surface area is 127 Å². The van der Waals surface area contributed by atoms with Gasteiger partial charge in [0.2, 0.25) is 15.9 Å². The first-order valence-corrected chi connectivity index (χ1v) is 8.83. The van der Waals surface area contributed by atoms with Gasteiger partial charge in [-0.15, -0.1) is 0 Å². The van der Waals surface area contributed by atoms with E-state index < -0.39 is 10.0 Å². The largest absolute Gasteiger partial charge is 0.311 e. The van der Waals surface area contributed by atoms with Gasteiger partial charge < -0.3 is 4.90 Å². The molecule has 0 fully saturated rings. The number of carbonyl (C=O) groups excluding carboxylic acids is 1. The maximum Gasteiger partial charge on any atom is 0.223 e. The number of carbonyl (C=O) groups is 1. The van der Waals surface area contributed by atoms with Gasteiger partial charge >= 0.3 is 0 Å². The third kappa shape index (κ3) is 6.27. The standard InChI is InChI=1S/C15H24N2O3S/c1-4-5-11-21(19,20)16-9-10-17(14(3)18)15-8-6-7-13(2)12-15/h6-8,12,16H,4-5,9-11H2,1-3H3. The molecule has 0 atom stereocenters. The molecule has 0 unspecified atom stereocenters. The summed E-state index contributed by atoms with van der Waals surface area (Å²) in [6.45, 7) is 5.93. The summed E-state index contributed by atoms with van der Waals surface area (Å²) in [5.74, 6) is 0.0296. The number of hydrogen-bond acceptors (Lipinski definition) is 3. The molecule has 0 saturated carbocycles. The molecule has 0 heterocycles. The van der Waals surface area contributed by atoms with Crippen molar-refractivity contribution < 1.29 is 13.2 Å². The quantitative estimate of drug-likeness (QED) is 0.799. The van der Waals surface area contributed by atoms with Crippen LogP contribution in [0.15, 0.2) is 24.3 Å². The van der Waals surface area contributed by atoms with E-state index in [1.54, 1.807) is 4.90 Å². The van der Waals surface area contributed by atoms with E-state index in [0.29, 0.717) is 13.0 Å². The lowest BCUT2D eigenvalue weighted by molar-refractivity contribution is -0.116. The molecule has 0 spiro atoms. The molecule has 0 aliphatic rings. The van der Waals surface area contributed by atoms with Crippen LogP contribution in [0.25, 0.3) is 0 Å². The van der Waals surface area contributed by atoms with Crippen molar-refractivity contribution in [1.82, 2.24) is 4.72 Å². The van der Waals surface area contributed by atoms with E-state index in [9.17, 15) is 13.2 Å². The van der Waals surface area contributed by atoms with E-state index in [1.165, 1.54) is 6.92 Å². The monoisotopic (exact) mass is 312 g/mol. The molecule has 1 aromatic carbocycles. The molecule has 1 aromatic rings. The Hall–Kier alpha value is -1.40. The van der Waals surface area contributed by atoms with Crippen LogP contribution < -0.4 is 9.62 Å². The molecule has 1 N–H and O–H groups in total. The van der Waals surface area contributed by atoms with Crippen LogP contribution in [0.1, 0.15) is 32.3 Å². The normalized spacial score (nSPS) is 11.4. The molecule has 0 bridgehead atoms. The number of rotatable bonds is 8. The molecule has 0 aliphatic heterocycles. The van der Waals surface area contributed by atoms with E-state index in [-0.39, 0.29) is 18.2 Å². The predicted molar refractivity (Wildman–Crippen MR) is 85.9 cm³/mol. The van der Waals surface area contributed by atoms with E-state index >= 15 is 0 Å². The first-order chi connectivity index (χ1) is 9.85. The lowest BCUT2D eigenvalue weighted by Crippen LogP contribution is -2.38. The van der Waals surface area contributed by atoms with Crippen LogP contribution in [0.3, 0.4) is 0 Å². The maximum absolute atomic E-state index is 11.7.